The number of ether oxygens (including phenoxy) is 1. The summed E-state index contributed by atoms with van der Waals surface area (Å²) in [5.74, 6) is 1.61. The Labute approximate surface area is 114 Å². The number of halogens is 1. The summed E-state index contributed by atoms with van der Waals surface area (Å²) in [6.07, 6.45) is 2.57. The molecule has 0 bridgehead atoms. The quantitative estimate of drug-likeness (QED) is 0.725. The first-order valence-electron chi connectivity index (χ1n) is 5.82. The van der Waals surface area contributed by atoms with Gasteiger partial charge in [-0.1, -0.05) is 18.2 Å². The van der Waals surface area contributed by atoms with Crippen molar-refractivity contribution in [2.24, 2.45) is 5.92 Å². The van der Waals surface area contributed by atoms with Crippen LogP contribution in [0.15, 0.2) is 24.3 Å². The zero-order chi connectivity index (χ0) is 13.6. The van der Waals surface area contributed by atoms with Gasteiger partial charge in [0.15, 0.2) is 0 Å². The van der Waals surface area contributed by atoms with Crippen molar-refractivity contribution in [3.05, 3.63) is 29.8 Å². The second-order valence-corrected chi connectivity index (χ2v) is 7.02. The molecule has 0 saturated carbocycles. The number of hydrogen-bond donors (Lipinski definition) is 0. The summed E-state index contributed by atoms with van der Waals surface area (Å²) in [5.41, 5.74) is 1.07. The lowest BCUT2D eigenvalue weighted by molar-refractivity contribution is 0.405. The third kappa shape index (κ3) is 5.27. The van der Waals surface area contributed by atoms with Crippen molar-refractivity contribution >= 4 is 21.4 Å². The summed E-state index contributed by atoms with van der Waals surface area (Å²) >= 11 is 5.91. The van der Waals surface area contributed by atoms with Crippen LogP contribution >= 0.6 is 11.6 Å². The molecule has 1 aromatic carbocycles. The van der Waals surface area contributed by atoms with Crippen molar-refractivity contribution in [2.45, 2.75) is 12.8 Å². The van der Waals surface area contributed by atoms with Crippen molar-refractivity contribution in [1.29, 1.82) is 0 Å². The van der Waals surface area contributed by atoms with Crippen LogP contribution in [0.1, 0.15) is 12.0 Å². The zero-order valence-corrected chi connectivity index (χ0v) is 12.3. The third-order valence-corrected chi connectivity index (χ3v) is 4.23. The van der Waals surface area contributed by atoms with E-state index in [1.807, 2.05) is 24.3 Å². The molecule has 1 atom stereocenters. The number of methoxy groups -OCH3 is 1. The van der Waals surface area contributed by atoms with Crippen LogP contribution in [0, 0.1) is 5.92 Å². The van der Waals surface area contributed by atoms with Crippen molar-refractivity contribution < 1.29 is 13.2 Å². The molecule has 3 nitrogen and oxygen atoms in total. The molecule has 0 amide bonds. The highest BCUT2D eigenvalue weighted by Crippen LogP contribution is 2.23. The lowest BCUT2D eigenvalue weighted by Gasteiger charge is -2.15. The van der Waals surface area contributed by atoms with Crippen LogP contribution in [-0.4, -0.2) is 33.4 Å². The summed E-state index contributed by atoms with van der Waals surface area (Å²) in [7, 11) is -1.30. The van der Waals surface area contributed by atoms with Gasteiger partial charge in [-0.15, -0.1) is 11.6 Å². The SMILES string of the molecule is COc1ccccc1CC(CCl)CCS(C)(=O)=O. The van der Waals surface area contributed by atoms with E-state index in [0.717, 1.165) is 17.7 Å². The van der Waals surface area contributed by atoms with Crippen LogP contribution in [-0.2, 0) is 16.3 Å². The van der Waals surface area contributed by atoms with Crippen molar-refractivity contribution in [1.82, 2.24) is 0 Å². The Bertz CT molecular complexity index is 471. The van der Waals surface area contributed by atoms with Crippen molar-refractivity contribution in [3.63, 3.8) is 0 Å². The second kappa shape index (κ2) is 7.00. The van der Waals surface area contributed by atoms with Gasteiger partial charge in [-0.25, -0.2) is 8.42 Å². The second-order valence-electron chi connectivity index (χ2n) is 4.45. The van der Waals surface area contributed by atoms with Gasteiger partial charge in [0.2, 0.25) is 0 Å². The van der Waals surface area contributed by atoms with Crippen LogP contribution in [0.4, 0.5) is 0 Å². The van der Waals surface area contributed by atoms with E-state index in [1.165, 1.54) is 6.26 Å². The summed E-state index contributed by atoms with van der Waals surface area (Å²) in [6, 6.07) is 7.74. The molecule has 0 aliphatic heterocycles. The van der Waals surface area contributed by atoms with E-state index in [-0.39, 0.29) is 11.7 Å². The fourth-order valence-corrected chi connectivity index (χ4v) is 2.82. The summed E-state index contributed by atoms with van der Waals surface area (Å²) < 4.78 is 27.6. The Kier molecular flexibility index (Phi) is 5.96. The maximum atomic E-state index is 11.2. The molecule has 1 unspecified atom stereocenters. The van der Waals surface area contributed by atoms with Gasteiger partial charge in [0.25, 0.3) is 0 Å². The van der Waals surface area contributed by atoms with E-state index < -0.39 is 9.84 Å². The molecule has 0 heterocycles. The minimum atomic E-state index is -2.93. The monoisotopic (exact) mass is 290 g/mol. The molecule has 1 rings (SSSR count). The number of benzene rings is 1. The zero-order valence-electron chi connectivity index (χ0n) is 10.7. The molecular formula is C13H19ClO3S. The molecule has 0 aliphatic carbocycles. The highest BCUT2D eigenvalue weighted by Gasteiger charge is 2.14. The lowest BCUT2D eigenvalue weighted by Crippen LogP contribution is -2.13. The number of alkyl halides is 1. The van der Waals surface area contributed by atoms with E-state index in [0.29, 0.717) is 12.3 Å². The normalized spacial score (nSPS) is 13.3. The molecule has 0 saturated heterocycles. The van der Waals surface area contributed by atoms with Crippen LogP contribution in [0.5, 0.6) is 5.75 Å². The van der Waals surface area contributed by atoms with E-state index in [1.54, 1.807) is 7.11 Å². The van der Waals surface area contributed by atoms with Crippen molar-refractivity contribution in [3.8, 4) is 5.75 Å². The molecule has 5 heteroatoms. The highest BCUT2D eigenvalue weighted by atomic mass is 35.5. The van der Waals surface area contributed by atoms with Gasteiger partial charge in [-0.05, 0) is 30.4 Å². The Morgan fingerprint density at radius 2 is 2.00 bits per heavy atom. The van der Waals surface area contributed by atoms with E-state index in [2.05, 4.69) is 0 Å². The maximum absolute atomic E-state index is 11.2. The molecule has 0 aromatic heterocycles. The van der Waals surface area contributed by atoms with E-state index >= 15 is 0 Å². The fraction of sp³-hybridized carbons (Fsp3) is 0.538. The molecule has 0 spiro atoms. The van der Waals surface area contributed by atoms with Crippen LogP contribution in [0.2, 0.25) is 0 Å². The van der Waals surface area contributed by atoms with E-state index in [4.69, 9.17) is 16.3 Å². The molecule has 0 N–H and O–H groups in total. The van der Waals surface area contributed by atoms with Gasteiger partial charge in [-0.3, -0.25) is 0 Å². The van der Waals surface area contributed by atoms with Gasteiger partial charge in [0.05, 0.1) is 12.9 Å². The van der Waals surface area contributed by atoms with Gasteiger partial charge in [0.1, 0.15) is 15.6 Å². The molecule has 18 heavy (non-hydrogen) atoms. The predicted octanol–water partition coefficient (Wildman–Crippen LogP) is 2.53. The number of para-hydroxylation sites is 1. The number of rotatable bonds is 7. The molecule has 0 radical (unpaired) electrons. The average molecular weight is 291 g/mol. The Morgan fingerprint density at radius 3 is 2.56 bits per heavy atom. The molecule has 1 aromatic rings. The standard InChI is InChI=1S/C13H19ClO3S/c1-17-13-6-4-3-5-12(13)9-11(10-14)7-8-18(2,15)16/h3-6,11H,7-10H2,1-2H3. The van der Waals surface area contributed by atoms with E-state index in [9.17, 15) is 8.42 Å². The lowest BCUT2D eigenvalue weighted by atomic mass is 9.98. The van der Waals surface area contributed by atoms with Crippen LogP contribution < -0.4 is 4.74 Å². The summed E-state index contributed by atoms with van der Waals surface area (Å²) in [6.45, 7) is 0. The van der Waals surface area contributed by atoms with Gasteiger partial charge >= 0.3 is 0 Å². The Hall–Kier alpha value is -0.740. The Balaban J connectivity index is 2.68. The number of sulfone groups is 1. The first kappa shape index (κ1) is 15.3. The third-order valence-electron chi connectivity index (χ3n) is 2.82. The van der Waals surface area contributed by atoms with Crippen molar-refractivity contribution in [2.75, 3.05) is 25.0 Å². The maximum Gasteiger partial charge on any atom is 0.147 e. The minimum Gasteiger partial charge on any atom is -0.496 e. The molecule has 0 fully saturated rings. The topological polar surface area (TPSA) is 43.4 Å². The predicted molar refractivity (Wildman–Crippen MR) is 75.2 cm³/mol. The molecular weight excluding hydrogens is 272 g/mol. The average Bonchev–Trinajstić information content (AvgIpc) is 2.33. The van der Waals surface area contributed by atoms with Gasteiger partial charge < -0.3 is 4.74 Å². The minimum absolute atomic E-state index is 0.151. The fourth-order valence-electron chi connectivity index (χ4n) is 1.80. The largest absolute Gasteiger partial charge is 0.496 e. The molecule has 102 valence electrons. The molecule has 0 aliphatic rings. The Morgan fingerprint density at radius 1 is 1.33 bits per heavy atom. The van der Waals surface area contributed by atoms with Crippen LogP contribution in [0.3, 0.4) is 0 Å². The highest BCUT2D eigenvalue weighted by molar-refractivity contribution is 7.90. The summed E-state index contributed by atoms with van der Waals surface area (Å²) in [5, 5.41) is 0. The first-order chi connectivity index (χ1) is 8.46. The van der Waals surface area contributed by atoms with Gasteiger partial charge in [0, 0.05) is 12.1 Å². The van der Waals surface area contributed by atoms with Gasteiger partial charge in [-0.2, -0.15) is 0 Å². The first-order valence-corrected chi connectivity index (χ1v) is 8.41. The van der Waals surface area contributed by atoms with Crippen LogP contribution in [0.25, 0.3) is 0 Å². The number of hydrogen-bond acceptors (Lipinski definition) is 3. The summed E-state index contributed by atoms with van der Waals surface area (Å²) in [4.78, 5) is 0. The smallest absolute Gasteiger partial charge is 0.147 e.